The zero-order valence-corrected chi connectivity index (χ0v) is 12.9. The molecule has 2 aromatic rings. The average Bonchev–Trinajstić information content (AvgIpc) is 2.45. The van der Waals surface area contributed by atoms with Crippen LogP contribution in [-0.4, -0.2) is 6.04 Å². The van der Waals surface area contributed by atoms with Gasteiger partial charge in [-0.1, -0.05) is 58.4 Å². The summed E-state index contributed by atoms with van der Waals surface area (Å²) in [5, 5.41) is 3.57. The molecule has 19 heavy (non-hydrogen) atoms. The highest BCUT2D eigenvalue weighted by Gasteiger charge is 2.02. The van der Waals surface area contributed by atoms with Crippen molar-refractivity contribution >= 4 is 15.9 Å². The summed E-state index contributed by atoms with van der Waals surface area (Å²) in [6.45, 7) is 3.19. The molecule has 0 aromatic heterocycles. The van der Waals surface area contributed by atoms with Gasteiger partial charge in [-0.3, -0.25) is 0 Å². The van der Waals surface area contributed by atoms with E-state index in [2.05, 4.69) is 82.8 Å². The molecule has 1 atom stereocenters. The molecule has 0 aliphatic rings. The molecule has 0 bridgehead atoms. The maximum absolute atomic E-state index is 3.57. The van der Waals surface area contributed by atoms with Gasteiger partial charge in [0.05, 0.1) is 0 Å². The molecule has 0 saturated carbocycles. The molecule has 0 saturated heterocycles. The summed E-state index contributed by atoms with van der Waals surface area (Å²) >= 11 is 3.46. The Morgan fingerprint density at radius 1 is 0.947 bits per heavy atom. The van der Waals surface area contributed by atoms with Gasteiger partial charge in [0.15, 0.2) is 0 Å². The fourth-order valence-corrected chi connectivity index (χ4v) is 2.29. The largest absolute Gasteiger partial charge is 0.310 e. The second-order valence-corrected chi connectivity index (χ2v) is 5.85. The molecule has 100 valence electrons. The number of rotatable bonds is 6. The second kappa shape index (κ2) is 7.46. The van der Waals surface area contributed by atoms with Crippen LogP contribution in [-0.2, 0) is 13.0 Å². The van der Waals surface area contributed by atoms with E-state index in [0.717, 1.165) is 17.4 Å². The van der Waals surface area contributed by atoms with E-state index in [4.69, 9.17) is 0 Å². The Kier molecular flexibility index (Phi) is 5.62. The molecule has 2 rings (SSSR count). The van der Waals surface area contributed by atoms with E-state index in [1.165, 1.54) is 17.5 Å². The quantitative estimate of drug-likeness (QED) is 0.823. The van der Waals surface area contributed by atoms with Gasteiger partial charge in [0.2, 0.25) is 0 Å². The SMILES string of the molecule is C[C@H](CCc1ccccc1)NCc1ccc(Br)cc1. The third kappa shape index (κ3) is 5.17. The van der Waals surface area contributed by atoms with Crippen LogP contribution in [0.2, 0.25) is 0 Å². The predicted molar refractivity (Wildman–Crippen MR) is 85.2 cm³/mol. The second-order valence-electron chi connectivity index (χ2n) is 4.93. The van der Waals surface area contributed by atoms with Gasteiger partial charge in [0.25, 0.3) is 0 Å². The number of benzene rings is 2. The molecule has 0 fully saturated rings. The van der Waals surface area contributed by atoms with Gasteiger partial charge in [-0.2, -0.15) is 0 Å². The Morgan fingerprint density at radius 2 is 1.63 bits per heavy atom. The van der Waals surface area contributed by atoms with Crippen LogP contribution in [0.3, 0.4) is 0 Å². The highest BCUT2D eigenvalue weighted by Crippen LogP contribution is 2.11. The first kappa shape index (κ1) is 14.3. The van der Waals surface area contributed by atoms with E-state index >= 15 is 0 Å². The Bertz CT molecular complexity index is 478. The summed E-state index contributed by atoms with van der Waals surface area (Å²) < 4.78 is 1.13. The van der Waals surface area contributed by atoms with Crippen LogP contribution in [0.15, 0.2) is 59.1 Å². The Balaban J connectivity index is 1.72. The minimum atomic E-state index is 0.531. The van der Waals surface area contributed by atoms with E-state index in [1.807, 2.05) is 0 Å². The highest BCUT2D eigenvalue weighted by molar-refractivity contribution is 9.10. The third-order valence-electron chi connectivity index (χ3n) is 3.28. The van der Waals surface area contributed by atoms with Crippen LogP contribution in [0.25, 0.3) is 0 Å². The van der Waals surface area contributed by atoms with Crippen LogP contribution >= 0.6 is 15.9 Å². The maximum Gasteiger partial charge on any atom is 0.0207 e. The van der Waals surface area contributed by atoms with Crippen LogP contribution in [0, 0.1) is 0 Å². The lowest BCUT2D eigenvalue weighted by molar-refractivity contribution is 0.514. The van der Waals surface area contributed by atoms with E-state index < -0.39 is 0 Å². The van der Waals surface area contributed by atoms with Crippen molar-refractivity contribution in [2.75, 3.05) is 0 Å². The lowest BCUT2D eigenvalue weighted by Gasteiger charge is -2.14. The van der Waals surface area contributed by atoms with Gasteiger partial charge in [-0.25, -0.2) is 0 Å². The lowest BCUT2D eigenvalue weighted by Crippen LogP contribution is -2.25. The fraction of sp³-hybridized carbons (Fsp3) is 0.294. The predicted octanol–water partition coefficient (Wildman–Crippen LogP) is 4.56. The molecule has 0 aliphatic heterocycles. The Hall–Kier alpha value is -1.12. The summed E-state index contributed by atoms with van der Waals surface area (Å²) in [5.41, 5.74) is 2.74. The zero-order valence-electron chi connectivity index (χ0n) is 11.3. The molecular weight excluding hydrogens is 298 g/mol. The van der Waals surface area contributed by atoms with Gasteiger partial charge < -0.3 is 5.32 Å². The summed E-state index contributed by atoms with van der Waals surface area (Å²) in [6, 6.07) is 19.7. The van der Waals surface area contributed by atoms with Gasteiger partial charge in [0.1, 0.15) is 0 Å². The zero-order chi connectivity index (χ0) is 13.5. The van der Waals surface area contributed by atoms with Crippen molar-refractivity contribution in [1.29, 1.82) is 0 Å². The van der Waals surface area contributed by atoms with E-state index in [1.54, 1.807) is 0 Å². The van der Waals surface area contributed by atoms with E-state index in [0.29, 0.717) is 6.04 Å². The van der Waals surface area contributed by atoms with Gasteiger partial charge in [-0.05, 0) is 43.0 Å². The maximum atomic E-state index is 3.57. The first-order valence-corrected chi connectivity index (χ1v) is 7.55. The summed E-state index contributed by atoms with van der Waals surface area (Å²) in [7, 11) is 0. The van der Waals surface area contributed by atoms with Gasteiger partial charge in [0, 0.05) is 17.1 Å². The summed E-state index contributed by atoms with van der Waals surface area (Å²) in [5.74, 6) is 0. The smallest absolute Gasteiger partial charge is 0.0207 e. The number of hydrogen-bond donors (Lipinski definition) is 1. The van der Waals surface area contributed by atoms with Gasteiger partial charge >= 0.3 is 0 Å². The average molecular weight is 318 g/mol. The van der Waals surface area contributed by atoms with Crippen molar-refractivity contribution in [3.63, 3.8) is 0 Å². The first-order valence-electron chi connectivity index (χ1n) is 6.76. The number of hydrogen-bond acceptors (Lipinski definition) is 1. The minimum Gasteiger partial charge on any atom is -0.310 e. The minimum absolute atomic E-state index is 0.531. The van der Waals surface area contributed by atoms with Crippen LogP contribution in [0.1, 0.15) is 24.5 Å². The number of nitrogens with one attached hydrogen (secondary N) is 1. The van der Waals surface area contributed by atoms with Crippen molar-refractivity contribution in [1.82, 2.24) is 5.32 Å². The summed E-state index contributed by atoms with van der Waals surface area (Å²) in [4.78, 5) is 0. The standard InChI is InChI=1S/C17H20BrN/c1-14(7-8-15-5-3-2-4-6-15)19-13-16-9-11-17(18)12-10-16/h2-6,9-12,14,19H,7-8,13H2,1H3/t14-/m1/s1. The van der Waals surface area contributed by atoms with Crippen molar-refractivity contribution in [3.05, 3.63) is 70.2 Å². The molecule has 0 aliphatic carbocycles. The van der Waals surface area contributed by atoms with E-state index in [-0.39, 0.29) is 0 Å². The van der Waals surface area contributed by atoms with Crippen LogP contribution in [0.5, 0.6) is 0 Å². The van der Waals surface area contributed by atoms with Crippen LogP contribution < -0.4 is 5.32 Å². The summed E-state index contributed by atoms with van der Waals surface area (Å²) in [6.07, 6.45) is 2.30. The number of halogens is 1. The monoisotopic (exact) mass is 317 g/mol. The third-order valence-corrected chi connectivity index (χ3v) is 3.81. The molecule has 0 amide bonds. The molecule has 1 N–H and O–H groups in total. The van der Waals surface area contributed by atoms with Crippen LogP contribution in [0.4, 0.5) is 0 Å². The normalized spacial score (nSPS) is 12.3. The molecular formula is C17H20BrN. The van der Waals surface area contributed by atoms with Crippen molar-refractivity contribution in [2.24, 2.45) is 0 Å². The Labute approximate surface area is 124 Å². The van der Waals surface area contributed by atoms with Crippen molar-refractivity contribution < 1.29 is 0 Å². The molecule has 2 heteroatoms. The Morgan fingerprint density at radius 3 is 2.32 bits per heavy atom. The molecule has 0 spiro atoms. The molecule has 2 aromatic carbocycles. The van der Waals surface area contributed by atoms with Crippen molar-refractivity contribution in [2.45, 2.75) is 32.4 Å². The lowest BCUT2D eigenvalue weighted by atomic mass is 10.1. The van der Waals surface area contributed by atoms with Crippen molar-refractivity contribution in [3.8, 4) is 0 Å². The highest BCUT2D eigenvalue weighted by atomic mass is 79.9. The molecule has 0 unspecified atom stereocenters. The molecule has 1 nitrogen and oxygen atoms in total. The topological polar surface area (TPSA) is 12.0 Å². The van der Waals surface area contributed by atoms with E-state index in [9.17, 15) is 0 Å². The number of aryl methyl sites for hydroxylation is 1. The molecule has 0 heterocycles. The fourth-order valence-electron chi connectivity index (χ4n) is 2.02. The van der Waals surface area contributed by atoms with Gasteiger partial charge in [-0.15, -0.1) is 0 Å². The molecule has 0 radical (unpaired) electrons. The first-order chi connectivity index (χ1) is 9.24.